The lowest BCUT2D eigenvalue weighted by atomic mass is 10.1. The summed E-state index contributed by atoms with van der Waals surface area (Å²) in [5.74, 6) is -2.47. The first-order valence-electron chi connectivity index (χ1n) is 6.14. The van der Waals surface area contributed by atoms with Crippen LogP contribution >= 0.6 is 0 Å². The van der Waals surface area contributed by atoms with Gasteiger partial charge in [0.1, 0.15) is 17.7 Å². The minimum atomic E-state index is -1.12. The average molecular weight is 286 g/mol. The average Bonchev–Trinajstić information content (AvgIpc) is 2.34. The van der Waals surface area contributed by atoms with Crippen LogP contribution in [0.25, 0.3) is 0 Å². The monoisotopic (exact) mass is 286 g/mol. The normalized spacial score (nSPS) is 11.8. The van der Waals surface area contributed by atoms with Crippen LogP contribution in [-0.2, 0) is 11.2 Å². The second kappa shape index (κ2) is 7.42. The smallest absolute Gasteiger partial charge is 0.326 e. The van der Waals surface area contributed by atoms with Gasteiger partial charge in [-0.3, -0.25) is 0 Å². The molecule has 0 aliphatic heterocycles. The maximum absolute atomic E-state index is 12.9. The van der Waals surface area contributed by atoms with Crippen LogP contribution in [0.2, 0.25) is 0 Å². The largest absolute Gasteiger partial charge is 0.480 e. The molecule has 5 nitrogen and oxygen atoms in total. The zero-order valence-electron chi connectivity index (χ0n) is 11.0. The molecule has 110 valence electrons. The molecule has 1 rings (SSSR count). The molecule has 0 heterocycles. The number of carboxylic acid groups (broad SMARTS) is 1. The quantitative estimate of drug-likeness (QED) is 0.744. The van der Waals surface area contributed by atoms with E-state index < -0.39 is 29.7 Å². The minimum absolute atomic E-state index is 0.144. The van der Waals surface area contributed by atoms with E-state index in [2.05, 4.69) is 10.6 Å². The molecule has 7 heteroatoms. The molecule has 0 fully saturated rings. The summed E-state index contributed by atoms with van der Waals surface area (Å²) in [7, 11) is 0. The van der Waals surface area contributed by atoms with Gasteiger partial charge in [0.25, 0.3) is 0 Å². The predicted molar refractivity (Wildman–Crippen MR) is 68.3 cm³/mol. The standard InChI is InChI=1S/C13H16F2N2O3/c1-2-11(12(18)19)17-13(20)16-4-3-8-5-9(14)7-10(15)6-8/h5-7,11H,2-4H2,1H3,(H,18,19)(H2,16,17,20)/t11-/m0/s1. The van der Waals surface area contributed by atoms with E-state index in [0.29, 0.717) is 5.56 Å². The summed E-state index contributed by atoms with van der Waals surface area (Å²) in [6.07, 6.45) is 0.504. The van der Waals surface area contributed by atoms with Gasteiger partial charge in [0.05, 0.1) is 0 Å². The van der Waals surface area contributed by atoms with Gasteiger partial charge >= 0.3 is 12.0 Å². The fraction of sp³-hybridized carbons (Fsp3) is 0.385. The third-order valence-corrected chi connectivity index (χ3v) is 2.63. The number of aliphatic carboxylic acids is 1. The lowest BCUT2D eigenvalue weighted by molar-refractivity contribution is -0.139. The number of nitrogens with one attached hydrogen (secondary N) is 2. The van der Waals surface area contributed by atoms with Crippen LogP contribution in [0, 0.1) is 11.6 Å². The van der Waals surface area contributed by atoms with Gasteiger partial charge in [0.2, 0.25) is 0 Å². The Bertz CT molecular complexity index is 474. The van der Waals surface area contributed by atoms with Crippen molar-refractivity contribution >= 4 is 12.0 Å². The Morgan fingerprint density at radius 2 is 1.85 bits per heavy atom. The molecule has 0 saturated carbocycles. The van der Waals surface area contributed by atoms with Crippen molar-refractivity contribution in [1.29, 1.82) is 0 Å². The summed E-state index contributed by atoms with van der Waals surface area (Å²) in [4.78, 5) is 22.1. The Morgan fingerprint density at radius 3 is 2.35 bits per heavy atom. The first-order chi connectivity index (χ1) is 9.42. The van der Waals surface area contributed by atoms with E-state index in [1.807, 2.05) is 0 Å². The van der Waals surface area contributed by atoms with Crippen molar-refractivity contribution in [3.8, 4) is 0 Å². The highest BCUT2D eigenvalue weighted by atomic mass is 19.1. The highest BCUT2D eigenvalue weighted by molar-refractivity contribution is 5.82. The predicted octanol–water partition coefficient (Wildman–Crippen LogP) is 1.67. The minimum Gasteiger partial charge on any atom is -0.480 e. The van der Waals surface area contributed by atoms with Crippen LogP contribution in [0.5, 0.6) is 0 Å². The molecule has 0 spiro atoms. The van der Waals surface area contributed by atoms with Gasteiger partial charge in [-0.2, -0.15) is 0 Å². The van der Waals surface area contributed by atoms with Gasteiger partial charge in [-0.25, -0.2) is 18.4 Å². The molecule has 2 amide bonds. The molecule has 1 aromatic rings. The molecule has 0 aromatic heterocycles. The third-order valence-electron chi connectivity index (χ3n) is 2.63. The van der Waals surface area contributed by atoms with Gasteiger partial charge < -0.3 is 15.7 Å². The van der Waals surface area contributed by atoms with Crippen molar-refractivity contribution in [3.63, 3.8) is 0 Å². The van der Waals surface area contributed by atoms with E-state index in [-0.39, 0.29) is 19.4 Å². The molecule has 1 atom stereocenters. The lowest BCUT2D eigenvalue weighted by Gasteiger charge is -2.13. The number of amides is 2. The summed E-state index contributed by atoms with van der Waals surface area (Å²) in [5.41, 5.74) is 0.410. The molecular weight excluding hydrogens is 270 g/mol. The third kappa shape index (κ3) is 5.21. The first-order valence-corrected chi connectivity index (χ1v) is 6.14. The molecule has 0 unspecified atom stereocenters. The van der Waals surface area contributed by atoms with Crippen LogP contribution < -0.4 is 10.6 Å². The van der Waals surface area contributed by atoms with Crippen molar-refractivity contribution in [3.05, 3.63) is 35.4 Å². The molecule has 1 aromatic carbocycles. The van der Waals surface area contributed by atoms with Crippen molar-refractivity contribution in [2.75, 3.05) is 6.54 Å². The summed E-state index contributed by atoms with van der Waals surface area (Å²) in [5, 5.41) is 13.5. The van der Waals surface area contributed by atoms with Gasteiger partial charge in [-0.1, -0.05) is 6.92 Å². The number of benzene rings is 1. The second-order valence-corrected chi connectivity index (χ2v) is 4.23. The van der Waals surface area contributed by atoms with Crippen molar-refractivity contribution < 1.29 is 23.5 Å². The Morgan fingerprint density at radius 1 is 1.25 bits per heavy atom. The number of urea groups is 1. The van der Waals surface area contributed by atoms with Crippen LogP contribution in [0.15, 0.2) is 18.2 Å². The van der Waals surface area contributed by atoms with E-state index >= 15 is 0 Å². The second-order valence-electron chi connectivity index (χ2n) is 4.23. The molecular formula is C13H16F2N2O3. The van der Waals surface area contributed by atoms with Gasteiger partial charge in [0.15, 0.2) is 0 Å². The van der Waals surface area contributed by atoms with E-state index in [1.165, 1.54) is 12.1 Å². The molecule has 0 radical (unpaired) electrons. The van der Waals surface area contributed by atoms with Crippen molar-refractivity contribution in [2.45, 2.75) is 25.8 Å². The fourth-order valence-corrected chi connectivity index (χ4v) is 1.62. The molecule has 0 aliphatic rings. The number of carbonyl (C=O) groups is 2. The Balaban J connectivity index is 2.40. The number of halogens is 2. The van der Waals surface area contributed by atoms with Crippen LogP contribution in [-0.4, -0.2) is 29.7 Å². The van der Waals surface area contributed by atoms with Crippen molar-refractivity contribution in [1.82, 2.24) is 10.6 Å². The van der Waals surface area contributed by atoms with Crippen LogP contribution in [0.4, 0.5) is 13.6 Å². The molecule has 0 aliphatic carbocycles. The number of rotatable bonds is 6. The Labute approximate surface area is 115 Å². The molecule has 3 N–H and O–H groups in total. The number of hydrogen-bond acceptors (Lipinski definition) is 2. The lowest BCUT2D eigenvalue weighted by Crippen LogP contribution is -2.46. The van der Waals surface area contributed by atoms with E-state index in [0.717, 1.165) is 6.07 Å². The van der Waals surface area contributed by atoms with Gasteiger partial charge in [-0.15, -0.1) is 0 Å². The van der Waals surface area contributed by atoms with Crippen LogP contribution in [0.3, 0.4) is 0 Å². The number of hydrogen-bond donors (Lipinski definition) is 3. The highest BCUT2D eigenvalue weighted by Gasteiger charge is 2.16. The maximum atomic E-state index is 12.9. The molecule has 0 saturated heterocycles. The summed E-state index contributed by atoms with van der Waals surface area (Å²) in [6, 6.07) is 1.53. The molecule has 20 heavy (non-hydrogen) atoms. The number of carboxylic acids is 1. The Hall–Kier alpha value is -2.18. The summed E-state index contributed by atoms with van der Waals surface area (Å²) >= 11 is 0. The van der Waals surface area contributed by atoms with Gasteiger partial charge in [-0.05, 0) is 30.5 Å². The highest BCUT2D eigenvalue weighted by Crippen LogP contribution is 2.08. The zero-order valence-corrected chi connectivity index (χ0v) is 11.0. The first kappa shape index (κ1) is 15.9. The number of carbonyl (C=O) groups excluding carboxylic acids is 1. The molecule has 0 bridgehead atoms. The van der Waals surface area contributed by atoms with E-state index in [4.69, 9.17) is 5.11 Å². The van der Waals surface area contributed by atoms with Crippen LogP contribution in [0.1, 0.15) is 18.9 Å². The van der Waals surface area contributed by atoms with Gasteiger partial charge in [0, 0.05) is 12.6 Å². The maximum Gasteiger partial charge on any atom is 0.326 e. The Kier molecular flexibility index (Phi) is 5.89. The summed E-state index contributed by atoms with van der Waals surface area (Å²) in [6.45, 7) is 1.78. The summed E-state index contributed by atoms with van der Waals surface area (Å²) < 4.78 is 25.8. The van der Waals surface area contributed by atoms with E-state index in [9.17, 15) is 18.4 Å². The topological polar surface area (TPSA) is 78.4 Å². The van der Waals surface area contributed by atoms with E-state index in [1.54, 1.807) is 6.92 Å². The van der Waals surface area contributed by atoms with Crippen molar-refractivity contribution in [2.24, 2.45) is 0 Å². The zero-order chi connectivity index (χ0) is 15.1. The SMILES string of the molecule is CC[C@H](NC(=O)NCCc1cc(F)cc(F)c1)C(=O)O. The fourth-order valence-electron chi connectivity index (χ4n) is 1.62.